The Kier molecular flexibility index (Phi) is 4.54. The average Bonchev–Trinajstić information content (AvgIpc) is 1.82. The van der Waals surface area contributed by atoms with Crippen LogP contribution in [0, 0.1) is 0 Å². The van der Waals surface area contributed by atoms with Gasteiger partial charge in [0.25, 0.3) is 10.1 Å². The van der Waals surface area contributed by atoms with Gasteiger partial charge in [0.15, 0.2) is 0 Å². The highest BCUT2D eigenvalue weighted by molar-refractivity contribution is 7.85. The summed E-state index contributed by atoms with van der Waals surface area (Å²) in [6.45, 7) is 1.55. The second kappa shape index (κ2) is 4.52. The molecule has 3 N–H and O–H groups in total. The zero-order valence-corrected chi connectivity index (χ0v) is 8.83. The Morgan fingerprint density at radius 1 is 1.38 bits per heavy atom. The minimum Gasteiger partial charge on any atom is -0.324 e. The molecule has 0 radical (unpaired) electrons. The van der Waals surface area contributed by atoms with E-state index in [1.54, 1.807) is 6.92 Å². The summed E-state index contributed by atoms with van der Waals surface area (Å²) in [6.07, 6.45) is -0.0423. The van der Waals surface area contributed by atoms with Crippen molar-refractivity contribution in [2.24, 2.45) is 0 Å². The summed E-state index contributed by atoms with van der Waals surface area (Å²) in [5, 5.41) is 0. The summed E-state index contributed by atoms with van der Waals surface area (Å²) in [4.78, 5) is 17.4. The zero-order chi connectivity index (χ0) is 10.7. The van der Waals surface area contributed by atoms with Crippen LogP contribution in [0.4, 0.5) is 0 Å². The van der Waals surface area contributed by atoms with Gasteiger partial charge in [-0.1, -0.05) is 6.92 Å². The Bertz CT molecular complexity index is 290. The van der Waals surface area contributed by atoms with E-state index in [2.05, 4.69) is 0 Å². The standard InChI is InChI=1S/C5H13O6PS/c1-2-5(12(6,7)8)3-4-13(9,10)11/h5H,2-4H2,1H3,(H2,6,7,8)(H,9,10,11). The maximum Gasteiger partial charge on any atom is 0.328 e. The summed E-state index contributed by atoms with van der Waals surface area (Å²) >= 11 is 0. The summed E-state index contributed by atoms with van der Waals surface area (Å²) in [6, 6.07) is 0. The Morgan fingerprint density at radius 3 is 2.08 bits per heavy atom. The molecule has 6 nitrogen and oxygen atoms in total. The van der Waals surface area contributed by atoms with Crippen LogP contribution >= 0.6 is 7.60 Å². The second-order valence-electron chi connectivity index (χ2n) is 2.73. The molecule has 13 heavy (non-hydrogen) atoms. The van der Waals surface area contributed by atoms with Gasteiger partial charge in [0.1, 0.15) is 0 Å². The molecule has 0 aromatic rings. The van der Waals surface area contributed by atoms with Gasteiger partial charge in [-0.25, -0.2) is 0 Å². The van der Waals surface area contributed by atoms with Crippen LogP contribution in [0.25, 0.3) is 0 Å². The van der Waals surface area contributed by atoms with E-state index < -0.39 is 29.1 Å². The highest BCUT2D eigenvalue weighted by Gasteiger charge is 2.27. The minimum absolute atomic E-state index is 0.180. The van der Waals surface area contributed by atoms with Crippen molar-refractivity contribution in [3.8, 4) is 0 Å². The molecule has 0 aliphatic rings. The molecule has 0 aromatic heterocycles. The monoisotopic (exact) mass is 232 g/mol. The van der Waals surface area contributed by atoms with Crippen LogP contribution < -0.4 is 0 Å². The van der Waals surface area contributed by atoms with Crippen molar-refractivity contribution in [3.63, 3.8) is 0 Å². The van der Waals surface area contributed by atoms with Gasteiger partial charge < -0.3 is 9.79 Å². The smallest absolute Gasteiger partial charge is 0.324 e. The van der Waals surface area contributed by atoms with Gasteiger partial charge in [-0.2, -0.15) is 8.42 Å². The van der Waals surface area contributed by atoms with E-state index in [-0.39, 0.29) is 12.8 Å². The van der Waals surface area contributed by atoms with Crippen molar-refractivity contribution in [3.05, 3.63) is 0 Å². The van der Waals surface area contributed by atoms with Gasteiger partial charge in [-0.3, -0.25) is 9.12 Å². The molecule has 80 valence electrons. The number of hydrogen-bond acceptors (Lipinski definition) is 3. The van der Waals surface area contributed by atoms with E-state index in [4.69, 9.17) is 14.3 Å². The van der Waals surface area contributed by atoms with Crippen LogP contribution in [0.3, 0.4) is 0 Å². The SMILES string of the molecule is CCC(CCS(=O)(=O)O)P(=O)(O)O. The highest BCUT2D eigenvalue weighted by atomic mass is 32.2. The first kappa shape index (κ1) is 13.1. The molecule has 0 saturated carbocycles. The van der Waals surface area contributed by atoms with E-state index in [0.29, 0.717) is 0 Å². The summed E-state index contributed by atoms with van der Waals surface area (Å²) in [5.41, 5.74) is -0.991. The first-order chi connectivity index (χ1) is 5.67. The van der Waals surface area contributed by atoms with E-state index in [1.165, 1.54) is 0 Å². The topological polar surface area (TPSA) is 112 Å². The lowest BCUT2D eigenvalue weighted by molar-refractivity contribution is 0.354. The lowest BCUT2D eigenvalue weighted by Gasteiger charge is -2.14. The first-order valence-electron chi connectivity index (χ1n) is 3.67. The highest BCUT2D eigenvalue weighted by Crippen LogP contribution is 2.44. The molecule has 0 saturated heterocycles. The third-order valence-corrected chi connectivity index (χ3v) is 3.98. The van der Waals surface area contributed by atoms with Crippen molar-refractivity contribution in [2.45, 2.75) is 25.4 Å². The second-order valence-corrected chi connectivity index (χ2v) is 6.21. The fourth-order valence-electron chi connectivity index (χ4n) is 0.895. The molecule has 0 heterocycles. The lowest BCUT2D eigenvalue weighted by Crippen LogP contribution is -2.14. The largest absolute Gasteiger partial charge is 0.328 e. The first-order valence-corrected chi connectivity index (χ1v) is 6.96. The Morgan fingerprint density at radius 2 is 1.85 bits per heavy atom. The fourth-order valence-corrected chi connectivity index (χ4v) is 2.59. The van der Waals surface area contributed by atoms with Crippen LogP contribution in [0.5, 0.6) is 0 Å². The normalized spacial score (nSPS) is 15.7. The van der Waals surface area contributed by atoms with Gasteiger partial charge >= 0.3 is 7.60 Å². The van der Waals surface area contributed by atoms with Gasteiger partial charge in [-0.15, -0.1) is 0 Å². The van der Waals surface area contributed by atoms with Crippen LogP contribution in [-0.4, -0.2) is 34.2 Å². The fraction of sp³-hybridized carbons (Fsp3) is 1.00. The number of hydrogen-bond donors (Lipinski definition) is 3. The Labute approximate surface area is 76.9 Å². The van der Waals surface area contributed by atoms with Crippen molar-refractivity contribution in [1.29, 1.82) is 0 Å². The molecule has 1 unspecified atom stereocenters. The van der Waals surface area contributed by atoms with Crippen LogP contribution in [0.15, 0.2) is 0 Å². The summed E-state index contributed by atoms with van der Waals surface area (Å²) in [5.74, 6) is -0.614. The lowest BCUT2D eigenvalue weighted by atomic mass is 10.3. The molecule has 8 heteroatoms. The van der Waals surface area contributed by atoms with Crippen LogP contribution in [0.1, 0.15) is 19.8 Å². The van der Waals surface area contributed by atoms with E-state index in [0.717, 1.165) is 0 Å². The van der Waals surface area contributed by atoms with Gasteiger partial charge in [0.05, 0.1) is 11.4 Å². The predicted molar refractivity (Wildman–Crippen MR) is 47.2 cm³/mol. The molecule has 0 spiro atoms. The molecule has 0 amide bonds. The average molecular weight is 232 g/mol. The third kappa shape index (κ3) is 6.17. The molecule has 0 aromatic carbocycles. The molecular formula is C5H13O6PS. The quantitative estimate of drug-likeness (QED) is 0.461. The van der Waals surface area contributed by atoms with Gasteiger partial charge in [0.2, 0.25) is 0 Å². The maximum atomic E-state index is 10.7. The molecular weight excluding hydrogens is 219 g/mol. The van der Waals surface area contributed by atoms with E-state index >= 15 is 0 Å². The van der Waals surface area contributed by atoms with Crippen molar-refractivity contribution in [1.82, 2.24) is 0 Å². The van der Waals surface area contributed by atoms with Crippen molar-refractivity contribution in [2.75, 3.05) is 5.75 Å². The van der Waals surface area contributed by atoms with Crippen molar-refractivity contribution >= 4 is 17.7 Å². The summed E-state index contributed by atoms with van der Waals surface area (Å²) in [7, 11) is -8.37. The number of rotatable bonds is 5. The van der Waals surface area contributed by atoms with Gasteiger partial charge in [-0.05, 0) is 12.8 Å². The maximum absolute atomic E-state index is 10.7. The van der Waals surface area contributed by atoms with Gasteiger partial charge in [0, 0.05) is 0 Å². The van der Waals surface area contributed by atoms with E-state index in [1.807, 2.05) is 0 Å². The Balaban J connectivity index is 4.26. The van der Waals surface area contributed by atoms with E-state index in [9.17, 15) is 13.0 Å². The predicted octanol–water partition coefficient (Wildman–Crippen LogP) is 0.221. The zero-order valence-electron chi connectivity index (χ0n) is 7.12. The Hall–Kier alpha value is 0.0600. The van der Waals surface area contributed by atoms with Crippen molar-refractivity contribution < 1.29 is 27.3 Å². The molecule has 1 atom stereocenters. The summed E-state index contributed by atoms with van der Waals surface area (Å²) < 4.78 is 39.6. The minimum atomic E-state index is -4.24. The molecule has 0 fully saturated rings. The van der Waals surface area contributed by atoms with Crippen LogP contribution in [-0.2, 0) is 14.7 Å². The molecule has 0 bridgehead atoms. The molecule has 0 rings (SSSR count). The van der Waals surface area contributed by atoms with Crippen LogP contribution in [0.2, 0.25) is 0 Å². The molecule has 0 aliphatic heterocycles. The third-order valence-electron chi connectivity index (χ3n) is 1.66. The molecule has 0 aliphatic carbocycles.